The molecule has 7 heteroatoms. The highest BCUT2D eigenvalue weighted by Crippen LogP contribution is 2.15. The van der Waals surface area contributed by atoms with Crippen LogP contribution in [0.3, 0.4) is 0 Å². The summed E-state index contributed by atoms with van der Waals surface area (Å²) in [6.45, 7) is 8.18. The molecule has 0 aliphatic heterocycles. The van der Waals surface area contributed by atoms with Crippen molar-refractivity contribution >= 4 is 23.5 Å². The third-order valence-corrected chi connectivity index (χ3v) is 4.16. The molecule has 1 N–H and O–H groups in total. The van der Waals surface area contributed by atoms with Gasteiger partial charge in [-0.2, -0.15) is 11.8 Å². The van der Waals surface area contributed by atoms with E-state index in [0.717, 1.165) is 29.8 Å². The van der Waals surface area contributed by atoms with Crippen molar-refractivity contribution in [2.24, 2.45) is 0 Å². The third kappa shape index (κ3) is 6.28. The molecule has 0 bridgehead atoms. The Morgan fingerprint density at radius 2 is 2.18 bits per heavy atom. The van der Waals surface area contributed by atoms with Gasteiger partial charge in [-0.05, 0) is 16.2 Å². The number of thioether (sulfide) groups is 2. The maximum atomic E-state index is 4.04. The van der Waals surface area contributed by atoms with Crippen molar-refractivity contribution in [1.29, 1.82) is 0 Å². The standard InChI is InChI=1S/C10H21N5S2/c1-4-16-7-8-17-10-12-13-14-15(10)6-5-11-9(2)3/h9,11H,4-8H2,1-3H3. The quantitative estimate of drug-likeness (QED) is 0.545. The van der Waals surface area contributed by atoms with E-state index in [1.807, 2.05) is 16.4 Å². The van der Waals surface area contributed by atoms with Crippen LogP contribution in [0.25, 0.3) is 0 Å². The zero-order valence-corrected chi connectivity index (χ0v) is 12.4. The van der Waals surface area contributed by atoms with Gasteiger partial charge in [0.1, 0.15) is 0 Å². The second-order valence-electron chi connectivity index (χ2n) is 3.84. The number of hydrogen-bond donors (Lipinski definition) is 1. The van der Waals surface area contributed by atoms with E-state index in [0.29, 0.717) is 6.04 Å². The summed E-state index contributed by atoms with van der Waals surface area (Å²) in [5.41, 5.74) is 0. The Hall–Kier alpha value is -0.270. The van der Waals surface area contributed by atoms with Gasteiger partial charge in [-0.1, -0.05) is 32.5 Å². The summed E-state index contributed by atoms with van der Waals surface area (Å²) in [5.74, 6) is 3.39. The Labute approximate surface area is 111 Å². The largest absolute Gasteiger partial charge is 0.313 e. The minimum Gasteiger partial charge on any atom is -0.313 e. The summed E-state index contributed by atoms with van der Waals surface area (Å²) in [6.07, 6.45) is 0. The van der Waals surface area contributed by atoms with Crippen molar-refractivity contribution in [1.82, 2.24) is 25.5 Å². The number of nitrogens with one attached hydrogen (secondary N) is 1. The molecule has 0 aliphatic rings. The smallest absolute Gasteiger partial charge is 0.209 e. The first-order chi connectivity index (χ1) is 8.24. The molecule has 1 heterocycles. The van der Waals surface area contributed by atoms with Gasteiger partial charge in [0.2, 0.25) is 5.16 Å². The van der Waals surface area contributed by atoms with Crippen LogP contribution in [-0.2, 0) is 6.54 Å². The fourth-order valence-corrected chi connectivity index (χ4v) is 2.88. The van der Waals surface area contributed by atoms with Crippen LogP contribution >= 0.6 is 23.5 Å². The number of hydrogen-bond acceptors (Lipinski definition) is 6. The molecular formula is C10H21N5S2. The van der Waals surface area contributed by atoms with E-state index in [9.17, 15) is 0 Å². The molecule has 1 aromatic heterocycles. The number of aromatic nitrogens is 4. The monoisotopic (exact) mass is 275 g/mol. The lowest BCUT2D eigenvalue weighted by atomic mass is 10.4. The van der Waals surface area contributed by atoms with Gasteiger partial charge in [0, 0.05) is 24.1 Å². The molecule has 0 fully saturated rings. The highest BCUT2D eigenvalue weighted by atomic mass is 32.2. The van der Waals surface area contributed by atoms with E-state index in [1.54, 1.807) is 11.8 Å². The van der Waals surface area contributed by atoms with E-state index in [1.165, 1.54) is 5.75 Å². The van der Waals surface area contributed by atoms with E-state index < -0.39 is 0 Å². The fraction of sp³-hybridized carbons (Fsp3) is 0.900. The zero-order valence-electron chi connectivity index (χ0n) is 10.7. The van der Waals surface area contributed by atoms with E-state index in [2.05, 4.69) is 41.6 Å². The Kier molecular flexibility index (Phi) is 7.63. The lowest BCUT2D eigenvalue weighted by Gasteiger charge is -2.08. The zero-order chi connectivity index (χ0) is 12.5. The van der Waals surface area contributed by atoms with E-state index in [-0.39, 0.29) is 0 Å². The maximum Gasteiger partial charge on any atom is 0.209 e. The lowest BCUT2D eigenvalue weighted by molar-refractivity contribution is 0.485. The third-order valence-electron chi connectivity index (χ3n) is 2.04. The fourth-order valence-electron chi connectivity index (χ4n) is 1.24. The molecule has 5 nitrogen and oxygen atoms in total. The van der Waals surface area contributed by atoms with Crippen LogP contribution in [-0.4, -0.2) is 50.1 Å². The van der Waals surface area contributed by atoms with Gasteiger partial charge in [0.05, 0.1) is 6.54 Å². The average molecular weight is 275 g/mol. The molecule has 1 rings (SSSR count). The van der Waals surface area contributed by atoms with Crippen molar-refractivity contribution in [3.05, 3.63) is 0 Å². The van der Waals surface area contributed by atoms with Gasteiger partial charge >= 0.3 is 0 Å². The highest BCUT2D eigenvalue weighted by molar-refractivity contribution is 8.02. The van der Waals surface area contributed by atoms with E-state index >= 15 is 0 Å². The van der Waals surface area contributed by atoms with Crippen LogP contribution in [0.15, 0.2) is 5.16 Å². The maximum absolute atomic E-state index is 4.04. The van der Waals surface area contributed by atoms with Crippen LogP contribution in [0.1, 0.15) is 20.8 Å². The molecule has 1 aromatic rings. The van der Waals surface area contributed by atoms with Crippen molar-refractivity contribution in [3.8, 4) is 0 Å². The van der Waals surface area contributed by atoms with Crippen LogP contribution < -0.4 is 5.32 Å². The van der Waals surface area contributed by atoms with Crippen LogP contribution in [0.2, 0.25) is 0 Å². The van der Waals surface area contributed by atoms with Crippen molar-refractivity contribution in [3.63, 3.8) is 0 Å². The Morgan fingerprint density at radius 1 is 1.35 bits per heavy atom. The second-order valence-corrected chi connectivity index (χ2v) is 6.29. The topological polar surface area (TPSA) is 55.6 Å². The van der Waals surface area contributed by atoms with Crippen LogP contribution in [0.4, 0.5) is 0 Å². The van der Waals surface area contributed by atoms with E-state index in [4.69, 9.17) is 0 Å². The number of rotatable bonds is 9. The summed E-state index contributed by atoms with van der Waals surface area (Å²) >= 11 is 3.68. The first kappa shape index (κ1) is 14.8. The Bertz CT molecular complexity index is 303. The number of tetrazole rings is 1. The predicted molar refractivity (Wildman–Crippen MR) is 74.7 cm³/mol. The summed E-state index contributed by atoms with van der Waals surface area (Å²) in [7, 11) is 0. The Morgan fingerprint density at radius 3 is 2.88 bits per heavy atom. The van der Waals surface area contributed by atoms with Crippen molar-refractivity contribution in [2.75, 3.05) is 23.8 Å². The first-order valence-electron chi connectivity index (χ1n) is 5.94. The van der Waals surface area contributed by atoms with Crippen molar-refractivity contribution < 1.29 is 0 Å². The molecule has 0 unspecified atom stereocenters. The minimum absolute atomic E-state index is 0.503. The number of nitrogens with zero attached hydrogens (tertiary/aromatic N) is 4. The molecule has 0 atom stereocenters. The van der Waals surface area contributed by atoms with Gasteiger partial charge in [0.15, 0.2) is 0 Å². The summed E-state index contributed by atoms with van der Waals surface area (Å²) < 4.78 is 1.87. The van der Waals surface area contributed by atoms with Crippen LogP contribution in [0.5, 0.6) is 0 Å². The molecule has 0 spiro atoms. The normalized spacial score (nSPS) is 11.3. The lowest BCUT2D eigenvalue weighted by Crippen LogP contribution is -2.27. The molecular weight excluding hydrogens is 254 g/mol. The molecule has 0 amide bonds. The molecule has 0 saturated carbocycles. The van der Waals surface area contributed by atoms with Crippen LogP contribution in [0, 0.1) is 0 Å². The first-order valence-corrected chi connectivity index (χ1v) is 8.08. The Balaban J connectivity index is 2.27. The minimum atomic E-state index is 0.503. The highest BCUT2D eigenvalue weighted by Gasteiger charge is 2.06. The van der Waals surface area contributed by atoms with Gasteiger partial charge in [-0.25, -0.2) is 4.68 Å². The predicted octanol–water partition coefficient (Wildman–Crippen LogP) is 1.52. The summed E-state index contributed by atoms with van der Waals surface area (Å²) in [4.78, 5) is 0. The molecule has 0 saturated heterocycles. The van der Waals surface area contributed by atoms with Gasteiger partial charge in [-0.15, -0.1) is 5.10 Å². The van der Waals surface area contributed by atoms with Gasteiger partial charge in [0.25, 0.3) is 0 Å². The molecule has 0 aliphatic carbocycles. The SMILES string of the molecule is CCSCCSc1nnnn1CCNC(C)C. The molecule has 0 radical (unpaired) electrons. The van der Waals surface area contributed by atoms with Gasteiger partial charge < -0.3 is 5.32 Å². The average Bonchev–Trinajstić information content (AvgIpc) is 2.72. The van der Waals surface area contributed by atoms with Crippen molar-refractivity contribution in [2.45, 2.75) is 38.5 Å². The molecule has 0 aromatic carbocycles. The summed E-state index contributed by atoms with van der Waals surface area (Å²) in [5, 5.41) is 16.0. The molecule has 17 heavy (non-hydrogen) atoms. The van der Waals surface area contributed by atoms with Gasteiger partial charge in [-0.3, -0.25) is 0 Å². The summed E-state index contributed by atoms with van der Waals surface area (Å²) in [6, 6.07) is 0.503. The second kappa shape index (κ2) is 8.77. The molecule has 98 valence electrons.